The number of aryl methyl sites for hydroxylation is 1. The fraction of sp³-hybridized carbons (Fsp3) is 0.409. The molecule has 0 aromatic heterocycles. The highest BCUT2D eigenvalue weighted by Gasteiger charge is 2.32. The van der Waals surface area contributed by atoms with E-state index in [9.17, 15) is 9.18 Å². The summed E-state index contributed by atoms with van der Waals surface area (Å²) in [6.45, 7) is 5.00. The topological polar surface area (TPSA) is 32.3 Å². The molecule has 0 aliphatic carbocycles. The molecule has 3 rings (SSSR count). The van der Waals surface area contributed by atoms with E-state index in [-0.39, 0.29) is 23.8 Å². The second-order valence-electron chi connectivity index (χ2n) is 7.19. The normalized spacial score (nSPS) is 20.2. The van der Waals surface area contributed by atoms with Gasteiger partial charge in [0.05, 0.1) is 6.04 Å². The molecular weight excluding hydrogens is 327 g/mol. The maximum Gasteiger partial charge on any atom is 0.219 e. The molecule has 1 fully saturated rings. The first-order valence-corrected chi connectivity index (χ1v) is 9.34. The summed E-state index contributed by atoms with van der Waals surface area (Å²) < 4.78 is 13.9. The van der Waals surface area contributed by atoms with Crippen molar-refractivity contribution in [3.63, 3.8) is 0 Å². The molecule has 0 spiro atoms. The molecule has 1 saturated heterocycles. The molecule has 138 valence electrons. The number of benzene rings is 2. The fourth-order valence-corrected chi connectivity index (χ4v) is 3.90. The van der Waals surface area contributed by atoms with Crippen LogP contribution in [0.1, 0.15) is 36.5 Å². The summed E-state index contributed by atoms with van der Waals surface area (Å²) in [5.74, 6) is -0.0745. The number of nitrogens with zero attached hydrogens (tertiary/aromatic N) is 1. The quantitative estimate of drug-likeness (QED) is 0.885. The Morgan fingerprint density at radius 3 is 2.77 bits per heavy atom. The summed E-state index contributed by atoms with van der Waals surface area (Å²) in [6.07, 6.45) is 2.78. The zero-order valence-electron chi connectivity index (χ0n) is 15.5. The smallest absolute Gasteiger partial charge is 0.219 e. The highest BCUT2D eigenvalue weighted by Crippen LogP contribution is 2.23. The van der Waals surface area contributed by atoms with E-state index in [0.29, 0.717) is 12.1 Å². The highest BCUT2D eigenvalue weighted by atomic mass is 19.1. The number of piperidine rings is 1. The van der Waals surface area contributed by atoms with E-state index < -0.39 is 0 Å². The zero-order valence-corrected chi connectivity index (χ0v) is 15.5. The van der Waals surface area contributed by atoms with Gasteiger partial charge in [0.25, 0.3) is 0 Å². The third-order valence-corrected chi connectivity index (χ3v) is 5.22. The lowest BCUT2D eigenvalue weighted by atomic mass is 9.90. The van der Waals surface area contributed by atoms with E-state index in [0.717, 1.165) is 25.8 Å². The minimum absolute atomic E-state index is 0.0924. The number of carbonyl (C=O) groups excluding carboxylic acids is 1. The van der Waals surface area contributed by atoms with E-state index in [4.69, 9.17) is 0 Å². The lowest BCUT2D eigenvalue weighted by Gasteiger charge is -2.41. The number of carbonyl (C=O) groups is 1. The Morgan fingerprint density at radius 2 is 2.04 bits per heavy atom. The van der Waals surface area contributed by atoms with Gasteiger partial charge in [0.15, 0.2) is 0 Å². The summed E-state index contributed by atoms with van der Waals surface area (Å²) in [5.41, 5.74) is 3.13. The molecular formula is C22H27FN2O. The highest BCUT2D eigenvalue weighted by molar-refractivity contribution is 5.73. The second kappa shape index (κ2) is 8.45. The van der Waals surface area contributed by atoms with Crippen molar-refractivity contribution in [3.8, 4) is 0 Å². The molecule has 1 N–H and O–H groups in total. The molecule has 0 radical (unpaired) electrons. The van der Waals surface area contributed by atoms with Crippen molar-refractivity contribution in [2.75, 3.05) is 6.54 Å². The van der Waals surface area contributed by atoms with Gasteiger partial charge < -0.3 is 10.2 Å². The van der Waals surface area contributed by atoms with Gasteiger partial charge >= 0.3 is 0 Å². The van der Waals surface area contributed by atoms with Crippen molar-refractivity contribution in [1.29, 1.82) is 0 Å². The number of amides is 1. The minimum Gasteiger partial charge on any atom is -0.338 e. The molecule has 26 heavy (non-hydrogen) atoms. The molecule has 2 atom stereocenters. The lowest BCUT2D eigenvalue weighted by Crippen LogP contribution is -2.56. The van der Waals surface area contributed by atoms with Gasteiger partial charge in [-0.25, -0.2) is 4.39 Å². The summed E-state index contributed by atoms with van der Waals surface area (Å²) in [7, 11) is 0. The standard InChI is InChI=1S/C22H27FN2O/c1-16-7-5-8-18(13-16)14-22-21(11-6-12-25(22)17(2)26)24-15-19-9-3-4-10-20(19)23/h3-5,7-10,13,21-22,24H,6,11-12,14-15H2,1-2H3/t21-,22-/m0/s1. The van der Waals surface area contributed by atoms with Crippen LogP contribution in [0, 0.1) is 12.7 Å². The van der Waals surface area contributed by atoms with Gasteiger partial charge in [-0.2, -0.15) is 0 Å². The molecule has 1 heterocycles. The Balaban J connectivity index is 1.76. The van der Waals surface area contributed by atoms with Crippen molar-refractivity contribution in [2.24, 2.45) is 0 Å². The molecule has 2 aromatic rings. The van der Waals surface area contributed by atoms with Gasteiger partial charge in [-0.1, -0.05) is 48.0 Å². The Morgan fingerprint density at radius 1 is 1.23 bits per heavy atom. The summed E-state index contributed by atoms with van der Waals surface area (Å²) >= 11 is 0. The van der Waals surface area contributed by atoms with Crippen molar-refractivity contribution in [1.82, 2.24) is 10.2 Å². The van der Waals surface area contributed by atoms with Gasteiger partial charge in [0, 0.05) is 31.6 Å². The summed E-state index contributed by atoms with van der Waals surface area (Å²) in [6, 6.07) is 15.6. The number of likely N-dealkylation sites (tertiary alicyclic amines) is 1. The predicted molar refractivity (Wildman–Crippen MR) is 102 cm³/mol. The van der Waals surface area contributed by atoms with E-state index in [2.05, 4.69) is 36.5 Å². The van der Waals surface area contributed by atoms with Gasteiger partial charge in [0.2, 0.25) is 5.91 Å². The van der Waals surface area contributed by atoms with E-state index in [1.807, 2.05) is 17.0 Å². The number of hydrogen-bond donors (Lipinski definition) is 1. The summed E-state index contributed by atoms with van der Waals surface area (Å²) in [5, 5.41) is 3.51. The molecule has 4 heteroatoms. The van der Waals surface area contributed by atoms with Gasteiger partial charge in [-0.05, 0) is 37.8 Å². The minimum atomic E-state index is -0.186. The van der Waals surface area contributed by atoms with Crippen molar-refractivity contribution in [2.45, 2.75) is 51.7 Å². The maximum absolute atomic E-state index is 13.9. The summed E-state index contributed by atoms with van der Waals surface area (Å²) in [4.78, 5) is 14.2. The molecule has 0 unspecified atom stereocenters. The molecule has 3 nitrogen and oxygen atoms in total. The predicted octanol–water partition coefficient (Wildman–Crippen LogP) is 3.85. The zero-order chi connectivity index (χ0) is 18.5. The third kappa shape index (κ3) is 4.50. The van der Waals surface area contributed by atoms with E-state index in [1.54, 1.807) is 13.0 Å². The first kappa shape index (κ1) is 18.6. The Bertz CT molecular complexity index is 761. The van der Waals surface area contributed by atoms with Gasteiger partial charge in [-0.15, -0.1) is 0 Å². The number of halogens is 1. The van der Waals surface area contributed by atoms with Crippen LogP contribution in [-0.4, -0.2) is 29.4 Å². The van der Waals surface area contributed by atoms with Crippen LogP contribution >= 0.6 is 0 Å². The molecule has 1 aliphatic rings. The van der Waals surface area contributed by atoms with E-state index >= 15 is 0 Å². The second-order valence-corrected chi connectivity index (χ2v) is 7.19. The van der Waals surface area contributed by atoms with Crippen LogP contribution in [0.25, 0.3) is 0 Å². The van der Waals surface area contributed by atoms with Crippen LogP contribution < -0.4 is 5.32 Å². The Kier molecular flexibility index (Phi) is 6.04. The van der Waals surface area contributed by atoms with Crippen LogP contribution in [0.2, 0.25) is 0 Å². The first-order chi connectivity index (χ1) is 12.5. The first-order valence-electron chi connectivity index (χ1n) is 9.34. The SMILES string of the molecule is CC(=O)N1CCC[C@H](NCc2ccccc2F)[C@@H]1Cc1cccc(C)c1. The third-order valence-electron chi connectivity index (χ3n) is 5.22. The van der Waals surface area contributed by atoms with Gasteiger partial charge in [-0.3, -0.25) is 4.79 Å². The number of hydrogen-bond acceptors (Lipinski definition) is 2. The van der Waals surface area contributed by atoms with Crippen LogP contribution in [0.4, 0.5) is 4.39 Å². The molecule has 2 aromatic carbocycles. The van der Waals surface area contributed by atoms with Crippen LogP contribution in [0.15, 0.2) is 48.5 Å². The largest absolute Gasteiger partial charge is 0.338 e. The molecule has 0 bridgehead atoms. The van der Waals surface area contributed by atoms with Crippen LogP contribution in [0.5, 0.6) is 0 Å². The van der Waals surface area contributed by atoms with Crippen molar-refractivity contribution < 1.29 is 9.18 Å². The Labute approximate surface area is 155 Å². The van der Waals surface area contributed by atoms with Crippen molar-refractivity contribution >= 4 is 5.91 Å². The monoisotopic (exact) mass is 354 g/mol. The molecule has 1 aliphatic heterocycles. The maximum atomic E-state index is 13.9. The average molecular weight is 354 g/mol. The number of rotatable bonds is 5. The molecule has 1 amide bonds. The van der Waals surface area contributed by atoms with Crippen LogP contribution in [0.3, 0.4) is 0 Å². The lowest BCUT2D eigenvalue weighted by molar-refractivity contribution is -0.133. The van der Waals surface area contributed by atoms with Crippen LogP contribution in [-0.2, 0) is 17.8 Å². The Hall–Kier alpha value is -2.20. The average Bonchev–Trinajstić information content (AvgIpc) is 2.62. The van der Waals surface area contributed by atoms with Crippen molar-refractivity contribution in [3.05, 3.63) is 71.0 Å². The van der Waals surface area contributed by atoms with Gasteiger partial charge in [0.1, 0.15) is 5.82 Å². The number of nitrogens with one attached hydrogen (secondary N) is 1. The van der Waals surface area contributed by atoms with E-state index in [1.165, 1.54) is 17.2 Å². The molecule has 0 saturated carbocycles. The fourth-order valence-electron chi connectivity index (χ4n) is 3.90.